The molecule has 1 aromatic heterocycles. The summed E-state index contributed by atoms with van der Waals surface area (Å²) in [7, 11) is 0. The zero-order valence-corrected chi connectivity index (χ0v) is 14.0. The van der Waals surface area contributed by atoms with Gasteiger partial charge in [-0.05, 0) is 36.6 Å². The highest BCUT2D eigenvalue weighted by Crippen LogP contribution is 2.28. The summed E-state index contributed by atoms with van der Waals surface area (Å²) in [5, 5.41) is 11.8. The Hall–Kier alpha value is -2.35. The Balaban J connectivity index is 1.63. The van der Waals surface area contributed by atoms with Crippen LogP contribution in [0.2, 0.25) is 0 Å². The van der Waals surface area contributed by atoms with Crippen molar-refractivity contribution in [3.63, 3.8) is 0 Å². The van der Waals surface area contributed by atoms with Gasteiger partial charge in [0.1, 0.15) is 10.8 Å². The Morgan fingerprint density at radius 1 is 1.38 bits per heavy atom. The predicted molar refractivity (Wildman–Crippen MR) is 89.6 cm³/mol. The minimum Gasteiger partial charge on any atom is -0.312 e. The third-order valence-electron chi connectivity index (χ3n) is 3.82. The fourth-order valence-electron chi connectivity index (χ4n) is 2.62. The number of rotatable bonds is 5. The van der Waals surface area contributed by atoms with Gasteiger partial charge in [0.2, 0.25) is 16.9 Å². The van der Waals surface area contributed by atoms with Gasteiger partial charge in [0.05, 0.1) is 0 Å². The second kappa shape index (κ2) is 7.04. The van der Waals surface area contributed by atoms with Crippen LogP contribution >= 0.6 is 11.3 Å². The lowest BCUT2D eigenvalue weighted by molar-refractivity contribution is -0.119. The van der Waals surface area contributed by atoms with Crippen LogP contribution in [0, 0.1) is 5.82 Å². The number of amides is 2. The molecule has 6 nitrogen and oxygen atoms in total. The van der Waals surface area contributed by atoms with Gasteiger partial charge in [0, 0.05) is 25.1 Å². The summed E-state index contributed by atoms with van der Waals surface area (Å²) >= 11 is 1.34. The van der Waals surface area contributed by atoms with Crippen LogP contribution in [0.1, 0.15) is 30.3 Å². The molecule has 2 amide bonds. The molecule has 3 rings (SSSR count). The lowest BCUT2D eigenvalue weighted by atomic mass is 10.0. The zero-order valence-electron chi connectivity index (χ0n) is 13.2. The van der Waals surface area contributed by atoms with Gasteiger partial charge < -0.3 is 10.2 Å². The number of aryl methyl sites for hydroxylation is 2. The fraction of sp³-hybridized carbons (Fsp3) is 0.375. The van der Waals surface area contributed by atoms with E-state index < -0.39 is 0 Å². The highest BCUT2D eigenvalue weighted by Gasteiger charge is 2.24. The second-order valence-electron chi connectivity index (χ2n) is 5.47. The summed E-state index contributed by atoms with van der Waals surface area (Å²) < 4.78 is 13.3. The molecule has 2 aromatic rings. The molecule has 1 aromatic carbocycles. The standard InChI is InChI=1S/C16H17FN4O2S/c1-2-14-19-20-16(24-14)18-13(22)7-8-21-12-5-4-11(17)9-10(12)3-6-15(21)23/h4-5,9H,2-3,6-8H2,1H3,(H,18,20,22). The number of benzene rings is 1. The Kier molecular flexibility index (Phi) is 4.84. The van der Waals surface area contributed by atoms with Gasteiger partial charge in [-0.1, -0.05) is 18.3 Å². The molecule has 0 atom stereocenters. The summed E-state index contributed by atoms with van der Waals surface area (Å²) in [6, 6.07) is 4.37. The molecular weight excluding hydrogens is 331 g/mol. The van der Waals surface area contributed by atoms with Gasteiger partial charge in [0.25, 0.3) is 0 Å². The third-order valence-corrected chi connectivity index (χ3v) is 4.80. The van der Waals surface area contributed by atoms with Crippen molar-refractivity contribution >= 4 is 34.0 Å². The van der Waals surface area contributed by atoms with E-state index in [2.05, 4.69) is 15.5 Å². The van der Waals surface area contributed by atoms with Crippen molar-refractivity contribution in [3.05, 3.63) is 34.6 Å². The lowest BCUT2D eigenvalue weighted by Gasteiger charge is -2.29. The van der Waals surface area contributed by atoms with E-state index in [0.717, 1.165) is 17.0 Å². The van der Waals surface area contributed by atoms with Gasteiger partial charge in [-0.2, -0.15) is 0 Å². The minimum atomic E-state index is -0.316. The van der Waals surface area contributed by atoms with Crippen molar-refractivity contribution in [2.24, 2.45) is 0 Å². The first-order valence-corrected chi connectivity index (χ1v) is 8.59. The van der Waals surface area contributed by atoms with Crippen LogP contribution < -0.4 is 10.2 Å². The van der Waals surface area contributed by atoms with E-state index in [1.165, 1.54) is 23.5 Å². The van der Waals surface area contributed by atoms with E-state index in [-0.39, 0.29) is 30.6 Å². The zero-order chi connectivity index (χ0) is 17.1. The maximum absolute atomic E-state index is 13.3. The largest absolute Gasteiger partial charge is 0.312 e. The molecule has 1 aliphatic heterocycles. The average Bonchev–Trinajstić information content (AvgIpc) is 3.01. The number of nitrogens with zero attached hydrogens (tertiary/aromatic N) is 3. The number of anilines is 2. The summed E-state index contributed by atoms with van der Waals surface area (Å²) in [5.41, 5.74) is 1.48. The Morgan fingerprint density at radius 2 is 2.21 bits per heavy atom. The van der Waals surface area contributed by atoms with E-state index in [9.17, 15) is 14.0 Å². The van der Waals surface area contributed by atoms with Gasteiger partial charge in [0.15, 0.2) is 0 Å². The van der Waals surface area contributed by atoms with E-state index in [0.29, 0.717) is 23.7 Å². The predicted octanol–water partition coefficient (Wildman–Crippen LogP) is 2.55. The number of aromatic nitrogens is 2. The Morgan fingerprint density at radius 3 is 2.96 bits per heavy atom. The molecule has 2 heterocycles. The molecule has 24 heavy (non-hydrogen) atoms. The summed E-state index contributed by atoms with van der Waals surface area (Å²) in [6.07, 6.45) is 1.76. The third kappa shape index (κ3) is 3.59. The molecule has 0 aliphatic carbocycles. The minimum absolute atomic E-state index is 0.0499. The van der Waals surface area contributed by atoms with Crippen LogP contribution in [-0.2, 0) is 22.4 Å². The topological polar surface area (TPSA) is 75.2 Å². The first-order valence-electron chi connectivity index (χ1n) is 7.78. The SMILES string of the molecule is CCc1nnc(NC(=O)CCN2C(=O)CCc3cc(F)ccc32)s1. The summed E-state index contributed by atoms with van der Waals surface area (Å²) in [4.78, 5) is 25.7. The molecule has 0 radical (unpaired) electrons. The van der Waals surface area contributed by atoms with Gasteiger partial charge in [-0.3, -0.25) is 9.59 Å². The maximum atomic E-state index is 13.3. The van der Waals surface area contributed by atoms with Crippen molar-refractivity contribution in [2.75, 3.05) is 16.8 Å². The molecule has 0 saturated heterocycles. The number of carbonyl (C=O) groups excluding carboxylic acids is 2. The van der Waals surface area contributed by atoms with Crippen molar-refractivity contribution < 1.29 is 14.0 Å². The molecule has 126 valence electrons. The van der Waals surface area contributed by atoms with Crippen LogP contribution in [0.15, 0.2) is 18.2 Å². The average molecular weight is 348 g/mol. The lowest BCUT2D eigenvalue weighted by Crippen LogP contribution is -2.37. The van der Waals surface area contributed by atoms with Crippen molar-refractivity contribution in [2.45, 2.75) is 32.6 Å². The van der Waals surface area contributed by atoms with Crippen LogP contribution in [0.25, 0.3) is 0 Å². The van der Waals surface area contributed by atoms with Crippen LogP contribution in [0.5, 0.6) is 0 Å². The first kappa shape index (κ1) is 16.5. The van der Waals surface area contributed by atoms with Gasteiger partial charge >= 0.3 is 0 Å². The van der Waals surface area contributed by atoms with Gasteiger partial charge in [-0.25, -0.2) is 4.39 Å². The molecule has 1 aliphatic rings. The molecule has 0 bridgehead atoms. The van der Waals surface area contributed by atoms with Crippen LogP contribution in [0.4, 0.5) is 15.2 Å². The Labute approximate surface area is 142 Å². The molecule has 0 fully saturated rings. The summed E-state index contributed by atoms with van der Waals surface area (Å²) in [6.45, 7) is 2.22. The fourth-order valence-corrected chi connectivity index (χ4v) is 3.31. The highest BCUT2D eigenvalue weighted by atomic mass is 32.1. The van der Waals surface area contributed by atoms with E-state index >= 15 is 0 Å². The normalized spacial score (nSPS) is 13.8. The smallest absolute Gasteiger partial charge is 0.227 e. The van der Waals surface area contributed by atoms with E-state index in [4.69, 9.17) is 0 Å². The van der Waals surface area contributed by atoms with Crippen LogP contribution in [-0.4, -0.2) is 28.6 Å². The first-order chi connectivity index (χ1) is 11.6. The number of halogens is 1. The second-order valence-corrected chi connectivity index (χ2v) is 6.53. The number of nitrogens with one attached hydrogen (secondary N) is 1. The van der Waals surface area contributed by atoms with E-state index in [1.54, 1.807) is 11.0 Å². The molecule has 8 heteroatoms. The molecule has 0 saturated carbocycles. The van der Waals surface area contributed by atoms with E-state index in [1.807, 2.05) is 6.92 Å². The summed E-state index contributed by atoms with van der Waals surface area (Å²) in [5.74, 6) is -0.592. The maximum Gasteiger partial charge on any atom is 0.227 e. The van der Waals surface area contributed by atoms with Crippen molar-refractivity contribution in [1.82, 2.24) is 10.2 Å². The number of fused-ring (bicyclic) bond motifs is 1. The molecule has 0 unspecified atom stereocenters. The quantitative estimate of drug-likeness (QED) is 0.901. The molecular formula is C16H17FN4O2S. The monoisotopic (exact) mass is 348 g/mol. The Bertz CT molecular complexity index is 777. The van der Waals surface area contributed by atoms with Crippen molar-refractivity contribution in [1.29, 1.82) is 0 Å². The molecule has 1 N–H and O–H groups in total. The highest BCUT2D eigenvalue weighted by molar-refractivity contribution is 7.15. The van der Waals surface area contributed by atoms with Gasteiger partial charge in [-0.15, -0.1) is 10.2 Å². The van der Waals surface area contributed by atoms with Crippen LogP contribution in [0.3, 0.4) is 0 Å². The molecule has 0 spiro atoms. The number of carbonyl (C=O) groups is 2. The number of hydrogen-bond donors (Lipinski definition) is 1. The number of hydrogen-bond acceptors (Lipinski definition) is 5. The van der Waals surface area contributed by atoms with Crippen molar-refractivity contribution in [3.8, 4) is 0 Å².